The third-order valence-corrected chi connectivity index (χ3v) is 3.68. The van der Waals surface area contributed by atoms with Gasteiger partial charge < -0.3 is 16.0 Å². The zero-order chi connectivity index (χ0) is 14.7. The minimum Gasteiger partial charge on any atom is -0.404 e. The Morgan fingerprint density at radius 3 is 2.75 bits per heavy atom. The van der Waals surface area contributed by atoms with Gasteiger partial charge in [0.1, 0.15) is 16.7 Å². The van der Waals surface area contributed by atoms with Crippen LogP contribution in [0, 0.1) is 0 Å². The fourth-order valence-corrected chi connectivity index (χ4v) is 2.81. The number of likely N-dealkylation sites (N-methyl/N-ethyl adjacent to an activating group) is 1. The summed E-state index contributed by atoms with van der Waals surface area (Å²) in [6.45, 7) is 3.60. The zero-order valence-corrected chi connectivity index (χ0v) is 12.3. The van der Waals surface area contributed by atoms with Crippen LogP contribution in [0.15, 0.2) is 40.3 Å². The SMILES string of the molecule is C=C(Cl)/N=C1\C(=C/N)C=C(C(=O)NC)N1C1CCCC1. The second-order valence-corrected chi connectivity index (χ2v) is 5.29. The molecular formula is C14H19ClN4O. The van der Waals surface area contributed by atoms with E-state index >= 15 is 0 Å². The minimum atomic E-state index is -0.151. The number of carbonyl (C=O) groups excluding carboxylic acids is 1. The van der Waals surface area contributed by atoms with Gasteiger partial charge in [0.25, 0.3) is 5.91 Å². The number of amides is 1. The van der Waals surface area contributed by atoms with Crippen LogP contribution in [0.25, 0.3) is 0 Å². The quantitative estimate of drug-likeness (QED) is 0.780. The van der Waals surface area contributed by atoms with Crippen LogP contribution >= 0.6 is 11.6 Å². The molecule has 2 rings (SSSR count). The number of carbonyl (C=O) groups is 1. The first-order valence-electron chi connectivity index (χ1n) is 6.67. The maximum atomic E-state index is 12.1. The van der Waals surface area contributed by atoms with Crippen molar-refractivity contribution in [3.63, 3.8) is 0 Å². The summed E-state index contributed by atoms with van der Waals surface area (Å²) in [5, 5.41) is 2.83. The molecular weight excluding hydrogens is 276 g/mol. The summed E-state index contributed by atoms with van der Waals surface area (Å²) < 4.78 is 0. The van der Waals surface area contributed by atoms with Gasteiger partial charge in [-0.3, -0.25) is 4.79 Å². The Bertz CT molecular complexity index is 515. The van der Waals surface area contributed by atoms with E-state index in [1.807, 2.05) is 4.90 Å². The molecule has 20 heavy (non-hydrogen) atoms. The van der Waals surface area contributed by atoms with Gasteiger partial charge in [-0.1, -0.05) is 31.0 Å². The molecule has 5 nitrogen and oxygen atoms in total. The van der Waals surface area contributed by atoms with Gasteiger partial charge in [0.15, 0.2) is 0 Å². The van der Waals surface area contributed by atoms with Gasteiger partial charge in [-0.15, -0.1) is 0 Å². The Hall–Kier alpha value is -1.75. The fraction of sp³-hybridized carbons (Fsp3) is 0.429. The molecule has 0 saturated heterocycles. The first-order chi connectivity index (χ1) is 9.58. The van der Waals surface area contributed by atoms with Crippen LogP contribution in [0.1, 0.15) is 25.7 Å². The lowest BCUT2D eigenvalue weighted by molar-refractivity contribution is -0.118. The van der Waals surface area contributed by atoms with Gasteiger partial charge in [-0.25, -0.2) is 4.99 Å². The van der Waals surface area contributed by atoms with E-state index in [-0.39, 0.29) is 17.1 Å². The van der Waals surface area contributed by atoms with Crippen molar-refractivity contribution in [3.05, 3.63) is 35.3 Å². The Kier molecular flexibility index (Phi) is 4.49. The average molecular weight is 295 g/mol. The summed E-state index contributed by atoms with van der Waals surface area (Å²) in [6.07, 6.45) is 7.55. The highest BCUT2D eigenvalue weighted by Gasteiger charge is 2.36. The van der Waals surface area contributed by atoms with E-state index in [9.17, 15) is 4.79 Å². The highest BCUT2D eigenvalue weighted by Crippen LogP contribution is 2.33. The Morgan fingerprint density at radius 2 is 2.25 bits per heavy atom. The third-order valence-electron chi connectivity index (χ3n) is 3.59. The molecule has 0 unspecified atom stereocenters. The highest BCUT2D eigenvalue weighted by atomic mass is 35.5. The monoisotopic (exact) mass is 294 g/mol. The van der Waals surface area contributed by atoms with Gasteiger partial charge in [0.05, 0.1) is 0 Å². The number of nitrogens with zero attached hydrogens (tertiary/aromatic N) is 2. The second kappa shape index (κ2) is 6.13. The number of hydrogen-bond acceptors (Lipinski definition) is 3. The number of amidine groups is 1. The molecule has 1 aliphatic heterocycles. The number of halogens is 1. The molecule has 1 amide bonds. The molecule has 0 aromatic carbocycles. The largest absolute Gasteiger partial charge is 0.404 e. The van der Waals surface area contributed by atoms with Crippen LogP contribution in [0.2, 0.25) is 0 Å². The van der Waals surface area contributed by atoms with E-state index in [0.29, 0.717) is 17.1 Å². The van der Waals surface area contributed by atoms with E-state index in [2.05, 4.69) is 16.9 Å². The van der Waals surface area contributed by atoms with Crippen LogP contribution in [-0.2, 0) is 4.79 Å². The molecule has 2 aliphatic rings. The lowest BCUT2D eigenvalue weighted by atomic mass is 10.2. The summed E-state index contributed by atoms with van der Waals surface area (Å²) in [7, 11) is 1.61. The maximum absolute atomic E-state index is 12.1. The van der Waals surface area contributed by atoms with Crippen molar-refractivity contribution >= 4 is 23.3 Å². The summed E-state index contributed by atoms with van der Waals surface area (Å²) >= 11 is 5.81. The predicted octanol–water partition coefficient (Wildman–Crippen LogP) is 1.83. The first kappa shape index (κ1) is 14.7. The number of nitrogens with one attached hydrogen (secondary N) is 1. The topological polar surface area (TPSA) is 70.7 Å². The molecule has 0 aromatic rings. The van der Waals surface area contributed by atoms with Crippen molar-refractivity contribution in [3.8, 4) is 0 Å². The van der Waals surface area contributed by atoms with Gasteiger partial charge in [0.2, 0.25) is 0 Å². The molecule has 1 heterocycles. The van der Waals surface area contributed by atoms with E-state index in [4.69, 9.17) is 17.3 Å². The molecule has 1 fully saturated rings. The normalized spacial score (nSPS) is 23.5. The molecule has 1 aliphatic carbocycles. The van der Waals surface area contributed by atoms with Crippen molar-refractivity contribution < 1.29 is 4.79 Å². The zero-order valence-electron chi connectivity index (χ0n) is 11.5. The molecule has 108 valence electrons. The Balaban J connectivity index is 2.45. The van der Waals surface area contributed by atoms with Gasteiger partial charge in [0, 0.05) is 24.9 Å². The minimum absolute atomic E-state index is 0.151. The van der Waals surface area contributed by atoms with Crippen molar-refractivity contribution in [1.29, 1.82) is 0 Å². The van der Waals surface area contributed by atoms with Crippen LogP contribution in [0.5, 0.6) is 0 Å². The number of rotatable bonds is 3. The van der Waals surface area contributed by atoms with Crippen LogP contribution in [-0.4, -0.2) is 29.7 Å². The van der Waals surface area contributed by atoms with Gasteiger partial charge >= 0.3 is 0 Å². The smallest absolute Gasteiger partial charge is 0.267 e. The Labute approximate surface area is 123 Å². The molecule has 3 N–H and O–H groups in total. The molecule has 0 radical (unpaired) electrons. The number of aliphatic imine (C=N–C) groups is 1. The van der Waals surface area contributed by atoms with Crippen LogP contribution < -0.4 is 11.1 Å². The van der Waals surface area contributed by atoms with Crippen LogP contribution in [0.4, 0.5) is 0 Å². The van der Waals surface area contributed by atoms with E-state index in [0.717, 1.165) is 25.7 Å². The molecule has 0 bridgehead atoms. The van der Waals surface area contributed by atoms with Crippen molar-refractivity contribution in [2.75, 3.05) is 7.05 Å². The van der Waals surface area contributed by atoms with Gasteiger partial charge in [-0.2, -0.15) is 0 Å². The van der Waals surface area contributed by atoms with Crippen LogP contribution in [0.3, 0.4) is 0 Å². The fourth-order valence-electron chi connectivity index (χ4n) is 2.73. The molecule has 0 atom stereocenters. The molecule has 1 saturated carbocycles. The van der Waals surface area contributed by atoms with Gasteiger partial charge in [-0.05, 0) is 18.9 Å². The average Bonchev–Trinajstić information content (AvgIpc) is 3.04. The lowest BCUT2D eigenvalue weighted by Gasteiger charge is -2.28. The van der Waals surface area contributed by atoms with Crippen molar-refractivity contribution in [2.24, 2.45) is 10.7 Å². The summed E-state index contributed by atoms with van der Waals surface area (Å²) in [6, 6.07) is 0.255. The third kappa shape index (κ3) is 2.72. The maximum Gasteiger partial charge on any atom is 0.267 e. The van der Waals surface area contributed by atoms with Crippen molar-refractivity contribution in [1.82, 2.24) is 10.2 Å². The predicted molar refractivity (Wildman–Crippen MR) is 80.9 cm³/mol. The Morgan fingerprint density at radius 1 is 1.60 bits per heavy atom. The standard InChI is InChI=1S/C14H19ClN4O/c1-9(15)18-13-10(8-16)7-12(14(20)17-2)19(13)11-5-3-4-6-11/h7-8,11H,1,3-6,16H2,2H3,(H,17,20)/b10-8-,18-13+. The highest BCUT2D eigenvalue weighted by molar-refractivity contribution is 6.30. The summed E-state index contributed by atoms with van der Waals surface area (Å²) in [5.74, 6) is 0.458. The van der Waals surface area contributed by atoms with Crippen molar-refractivity contribution in [2.45, 2.75) is 31.7 Å². The first-order valence-corrected chi connectivity index (χ1v) is 7.04. The lowest BCUT2D eigenvalue weighted by Crippen LogP contribution is -2.40. The second-order valence-electron chi connectivity index (χ2n) is 4.85. The summed E-state index contributed by atoms with van der Waals surface area (Å²) in [5.41, 5.74) is 6.90. The van der Waals surface area contributed by atoms with E-state index in [1.165, 1.54) is 6.20 Å². The van der Waals surface area contributed by atoms with E-state index in [1.54, 1.807) is 13.1 Å². The van der Waals surface area contributed by atoms with E-state index < -0.39 is 0 Å². The molecule has 0 spiro atoms. The number of nitrogens with two attached hydrogens (primary N) is 1. The summed E-state index contributed by atoms with van der Waals surface area (Å²) in [4.78, 5) is 18.3. The number of hydrogen-bond donors (Lipinski definition) is 2. The molecule has 0 aromatic heterocycles. The molecule has 6 heteroatoms.